The van der Waals surface area contributed by atoms with E-state index in [4.69, 9.17) is 0 Å². The predicted molar refractivity (Wildman–Crippen MR) is 145 cm³/mol. The number of anilines is 1. The highest BCUT2D eigenvalue weighted by molar-refractivity contribution is 6.03. The van der Waals surface area contributed by atoms with E-state index in [1.165, 1.54) is 51.5 Å². The Morgan fingerprint density at radius 3 is 2.26 bits per heavy atom. The van der Waals surface area contributed by atoms with Gasteiger partial charge in [-0.25, -0.2) is 0 Å². The number of likely N-dealkylation sites (N-methyl/N-ethyl adjacent to an activating group) is 1. The van der Waals surface area contributed by atoms with Crippen LogP contribution in [0, 0.1) is 0 Å². The largest absolute Gasteiger partial charge is 0.347 e. The second-order valence-electron chi connectivity index (χ2n) is 11.0. The SMILES string of the molecule is CN1C(=CC=C2C=C(C=CC3=[N+](C)c4ccccc4C3(C)C)CCC2)C(C)(C)c2ccccc21. The van der Waals surface area contributed by atoms with Crippen LogP contribution in [0.3, 0.4) is 0 Å². The van der Waals surface area contributed by atoms with E-state index >= 15 is 0 Å². The first-order chi connectivity index (χ1) is 16.2. The molecule has 0 radical (unpaired) electrons. The molecule has 2 nitrogen and oxygen atoms in total. The van der Waals surface area contributed by atoms with E-state index in [-0.39, 0.29) is 10.8 Å². The molecule has 2 aromatic rings. The van der Waals surface area contributed by atoms with Gasteiger partial charge in [-0.2, -0.15) is 4.58 Å². The third-order valence-electron chi connectivity index (χ3n) is 8.09. The summed E-state index contributed by atoms with van der Waals surface area (Å²) in [6.45, 7) is 9.33. The van der Waals surface area contributed by atoms with E-state index in [9.17, 15) is 0 Å². The van der Waals surface area contributed by atoms with Crippen molar-refractivity contribution in [1.82, 2.24) is 0 Å². The molecule has 0 fully saturated rings. The number of para-hydroxylation sites is 2. The van der Waals surface area contributed by atoms with Crippen molar-refractivity contribution in [3.05, 3.63) is 107 Å². The van der Waals surface area contributed by atoms with Crippen LogP contribution >= 0.6 is 0 Å². The fraction of sp³-hybridized carbons (Fsp3) is 0.344. The molecule has 0 saturated carbocycles. The maximum atomic E-state index is 2.40. The van der Waals surface area contributed by atoms with Crippen LogP contribution in [-0.4, -0.2) is 24.4 Å². The number of nitrogens with zero attached hydrogens (tertiary/aromatic N) is 2. The molecule has 0 N–H and O–H groups in total. The number of allylic oxidation sites excluding steroid dienone is 8. The van der Waals surface area contributed by atoms with E-state index in [0.29, 0.717) is 0 Å². The molecule has 174 valence electrons. The molecule has 1 aliphatic carbocycles. The van der Waals surface area contributed by atoms with Crippen LogP contribution in [0.2, 0.25) is 0 Å². The van der Waals surface area contributed by atoms with E-state index in [2.05, 4.69) is 130 Å². The maximum Gasteiger partial charge on any atom is 0.209 e. The minimum absolute atomic E-state index is 0.0216. The first kappa shape index (κ1) is 22.7. The Kier molecular flexibility index (Phi) is 5.51. The summed E-state index contributed by atoms with van der Waals surface area (Å²) in [6, 6.07) is 17.6. The summed E-state index contributed by atoms with van der Waals surface area (Å²) in [5, 5.41) is 0. The van der Waals surface area contributed by atoms with Crippen LogP contribution < -0.4 is 4.90 Å². The Labute approximate surface area is 205 Å². The summed E-state index contributed by atoms with van der Waals surface area (Å²) < 4.78 is 2.35. The fourth-order valence-electron chi connectivity index (χ4n) is 6.12. The molecule has 0 unspecified atom stereocenters. The molecule has 0 bridgehead atoms. The first-order valence-corrected chi connectivity index (χ1v) is 12.5. The highest BCUT2D eigenvalue weighted by Gasteiger charge is 2.42. The molecule has 34 heavy (non-hydrogen) atoms. The quantitative estimate of drug-likeness (QED) is 0.437. The molecule has 0 amide bonds. The Morgan fingerprint density at radius 1 is 0.824 bits per heavy atom. The Bertz CT molecular complexity index is 1290. The van der Waals surface area contributed by atoms with E-state index in [1.54, 1.807) is 0 Å². The zero-order valence-electron chi connectivity index (χ0n) is 21.5. The fourth-order valence-corrected chi connectivity index (χ4v) is 6.12. The van der Waals surface area contributed by atoms with E-state index in [0.717, 1.165) is 12.8 Å². The van der Waals surface area contributed by atoms with E-state index in [1.807, 2.05) is 0 Å². The Hall–Kier alpha value is -3.13. The van der Waals surface area contributed by atoms with Gasteiger partial charge < -0.3 is 4.90 Å². The summed E-state index contributed by atoms with van der Waals surface area (Å²) in [6.07, 6.45) is 15.3. The van der Waals surface area contributed by atoms with Crippen LogP contribution in [0.5, 0.6) is 0 Å². The molecule has 2 heterocycles. The van der Waals surface area contributed by atoms with Crippen LogP contribution in [-0.2, 0) is 10.8 Å². The number of hydrogen-bond acceptors (Lipinski definition) is 1. The maximum absolute atomic E-state index is 2.40. The number of fused-ring (bicyclic) bond motifs is 2. The molecule has 0 atom stereocenters. The lowest BCUT2D eigenvalue weighted by Gasteiger charge is -2.24. The monoisotopic (exact) mass is 449 g/mol. The Balaban J connectivity index is 1.41. The van der Waals surface area contributed by atoms with Crippen LogP contribution in [0.4, 0.5) is 11.4 Å². The normalized spacial score (nSPS) is 23.1. The minimum Gasteiger partial charge on any atom is -0.347 e. The molecule has 0 aromatic heterocycles. The van der Waals surface area contributed by atoms with E-state index < -0.39 is 0 Å². The molecule has 5 rings (SSSR count). The van der Waals surface area contributed by atoms with Crippen molar-refractivity contribution in [2.24, 2.45) is 0 Å². The van der Waals surface area contributed by atoms with Crippen molar-refractivity contribution >= 4 is 17.1 Å². The average molecular weight is 450 g/mol. The smallest absolute Gasteiger partial charge is 0.209 e. The highest BCUT2D eigenvalue weighted by atomic mass is 15.2. The molecule has 0 saturated heterocycles. The topological polar surface area (TPSA) is 6.25 Å². The van der Waals surface area contributed by atoms with Gasteiger partial charge in [0.15, 0.2) is 5.71 Å². The molecule has 2 aromatic carbocycles. The van der Waals surface area contributed by atoms with Gasteiger partial charge in [0.25, 0.3) is 0 Å². The lowest BCUT2D eigenvalue weighted by molar-refractivity contribution is -0.401. The third-order valence-corrected chi connectivity index (χ3v) is 8.09. The van der Waals surface area contributed by atoms with Crippen molar-refractivity contribution in [3.63, 3.8) is 0 Å². The summed E-state index contributed by atoms with van der Waals surface area (Å²) in [7, 11) is 4.38. The van der Waals surface area contributed by atoms with Crippen molar-refractivity contribution in [1.29, 1.82) is 0 Å². The summed E-state index contributed by atoms with van der Waals surface area (Å²) in [4.78, 5) is 2.35. The molecular weight excluding hydrogens is 412 g/mol. The average Bonchev–Trinajstić information content (AvgIpc) is 3.15. The van der Waals surface area contributed by atoms with Gasteiger partial charge in [-0.05, 0) is 62.0 Å². The molecule has 2 aliphatic heterocycles. The second-order valence-corrected chi connectivity index (χ2v) is 11.0. The molecule has 3 aliphatic rings. The summed E-state index contributed by atoms with van der Waals surface area (Å²) in [5.41, 5.74) is 11.1. The van der Waals surface area contributed by atoms with Gasteiger partial charge in [0.2, 0.25) is 5.69 Å². The number of hydrogen-bond donors (Lipinski definition) is 0. The molecule has 2 heteroatoms. The van der Waals surface area contributed by atoms with Gasteiger partial charge in [0, 0.05) is 41.6 Å². The summed E-state index contributed by atoms with van der Waals surface area (Å²) >= 11 is 0. The number of benzene rings is 2. The van der Waals surface area contributed by atoms with Crippen molar-refractivity contribution in [3.8, 4) is 0 Å². The highest BCUT2D eigenvalue weighted by Crippen LogP contribution is 2.46. The summed E-state index contributed by atoms with van der Waals surface area (Å²) in [5.74, 6) is 0. The van der Waals surface area contributed by atoms with Gasteiger partial charge in [0.05, 0.1) is 5.41 Å². The van der Waals surface area contributed by atoms with Gasteiger partial charge in [0.1, 0.15) is 7.05 Å². The standard InChI is InChI=1S/C32H37N2/c1-31(2)25-14-7-9-16-27(25)33(5)29(31)20-18-23-12-11-13-24(22-23)19-21-30-32(3,4)26-15-8-10-17-28(26)34(30)6/h7-10,14-22H,11-13H2,1-6H3/q+1. The minimum atomic E-state index is 0.0216. The van der Waals surface area contributed by atoms with Crippen molar-refractivity contribution < 1.29 is 4.58 Å². The molecular formula is C32H37N2+. The zero-order chi connectivity index (χ0) is 24.1. The zero-order valence-corrected chi connectivity index (χ0v) is 21.5. The molecule has 0 spiro atoms. The lowest BCUT2D eigenvalue weighted by atomic mass is 9.81. The third kappa shape index (κ3) is 3.60. The first-order valence-electron chi connectivity index (χ1n) is 12.5. The van der Waals surface area contributed by atoms with Crippen LogP contribution in [0.25, 0.3) is 0 Å². The lowest BCUT2D eigenvalue weighted by Crippen LogP contribution is -2.26. The predicted octanol–water partition coefficient (Wildman–Crippen LogP) is 7.60. The number of rotatable bonds is 3. The Morgan fingerprint density at radius 2 is 1.53 bits per heavy atom. The van der Waals surface area contributed by atoms with Crippen LogP contribution in [0.15, 0.2) is 95.8 Å². The van der Waals surface area contributed by atoms with Gasteiger partial charge in [-0.15, -0.1) is 0 Å². The van der Waals surface area contributed by atoms with Crippen molar-refractivity contribution in [2.75, 3.05) is 19.0 Å². The van der Waals surface area contributed by atoms with Gasteiger partial charge in [-0.1, -0.05) is 68.5 Å². The van der Waals surface area contributed by atoms with Crippen LogP contribution in [0.1, 0.15) is 58.1 Å². The second kappa shape index (κ2) is 8.27. The van der Waals surface area contributed by atoms with Gasteiger partial charge >= 0.3 is 0 Å². The van der Waals surface area contributed by atoms with Gasteiger partial charge in [-0.3, -0.25) is 0 Å². The van der Waals surface area contributed by atoms with Crippen molar-refractivity contribution in [2.45, 2.75) is 57.8 Å².